The maximum atomic E-state index is 14.6. The smallest absolute Gasteiger partial charge is 0.311 e. The highest BCUT2D eigenvalue weighted by molar-refractivity contribution is 8.02. The molecule has 0 aromatic carbocycles. The van der Waals surface area contributed by atoms with E-state index in [0.29, 0.717) is 25.8 Å². The topological polar surface area (TPSA) is 87.1 Å². The molecule has 5 atom stereocenters. The molecule has 0 aromatic heterocycles. The summed E-state index contributed by atoms with van der Waals surface area (Å²) in [6.45, 7) is 21.1. The molecule has 2 unspecified atom stereocenters. The number of likely N-dealkylation sites (tertiary alicyclic amines) is 1. The largest absolute Gasteiger partial charge is 0.465 e. The van der Waals surface area contributed by atoms with Gasteiger partial charge in [0.05, 0.1) is 23.2 Å². The van der Waals surface area contributed by atoms with Crippen LogP contribution in [0.4, 0.5) is 0 Å². The Morgan fingerprint density at radius 3 is 2.46 bits per heavy atom. The molecule has 37 heavy (non-hydrogen) atoms. The van der Waals surface area contributed by atoms with Gasteiger partial charge in [0.2, 0.25) is 11.8 Å². The summed E-state index contributed by atoms with van der Waals surface area (Å²) in [5.41, 5.74) is -0.488. The SMILES string of the molecule is C=CCCOC(=O)[C@H]1[C@H]2C(=O)N(CCCO)C(C(=O)N(CC=C)C(C)(C)CC(C)(C)C)C23CC[C@]1(C)S3. The number of nitrogens with zero attached hydrogens (tertiary/aromatic N) is 2. The zero-order valence-electron chi connectivity index (χ0n) is 23.5. The van der Waals surface area contributed by atoms with E-state index in [1.807, 2.05) is 11.8 Å². The summed E-state index contributed by atoms with van der Waals surface area (Å²) < 4.78 is 4.44. The molecule has 208 valence electrons. The maximum absolute atomic E-state index is 14.6. The van der Waals surface area contributed by atoms with Crippen LogP contribution in [0.5, 0.6) is 0 Å². The lowest BCUT2D eigenvalue weighted by atomic mass is 9.66. The average molecular weight is 535 g/mol. The number of hydrogen-bond donors (Lipinski definition) is 1. The van der Waals surface area contributed by atoms with Crippen molar-refractivity contribution in [1.82, 2.24) is 9.80 Å². The number of esters is 1. The number of ether oxygens (including phenoxy) is 1. The molecule has 1 N–H and O–H groups in total. The van der Waals surface area contributed by atoms with Crippen LogP contribution in [-0.4, -0.2) is 80.1 Å². The van der Waals surface area contributed by atoms with Crippen LogP contribution in [0, 0.1) is 17.3 Å². The molecule has 3 aliphatic rings. The van der Waals surface area contributed by atoms with E-state index in [2.05, 4.69) is 47.8 Å². The Kier molecular flexibility index (Phi) is 8.65. The van der Waals surface area contributed by atoms with Crippen molar-refractivity contribution in [2.45, 2.75) is 94.7 Å². The molecule has 0 aromatic rings. The van der Waals surface area contributed by atoms with E-state index in [9.17, 15) is 19.5 Å². The predicted molar refractivity (Wildman–Crippen MR) is 148 cm³/mol. The second-order valence-electron chi connectivity index (χ2n) is 12.9. The molecular formula is C29H46N2O5S. The Hall–Kier alpha value is -1.80. The van der Waals surface area contributed by atoms with Crippen molar-refractivity contribution in [3.63, 3.8) is 0 Å². The second-order valence-corrected chi connectivity index (χ2v) is 14.8. The van der Waals surface area contributed by atoms with E-state index in [1.165, 1.54) is 0 Å². The van der Waals surface area contributed by atoms with Gasteiger partial charge >= 0.3 is 5.97 Å². The fraction of sp³-hybridized carbons (Fsp3) is 0.759. The van der Waals surface area contributed by atoms with Crippen LogP contribution in [0.3, 0.4) is 0 Å². The third-order valence-electron chi connectivity index (χ3n) is 8.16. The Bertz CT molecular complexity index is 928. The number of rotatable bonds is 12. The molecule has 7 nitrogen and oxygen atoms in total. The Balaban J connectivity index is 2.06. The van der Waals surface area contributed by atoms with Crippen molar-refractivity contribution in [2.75, 3.05) is 26.3 Å². The van der Waals surface area contributed by atoms with Crippen molar-refractivity contribution in [2.24, 2.45) is 17.3 Å². The zero-order valence-corrected chi connectivity index (χ0v) is 24.4. The summed E-state index contributed by atoms with van der Waals surface area (Å²) in [6, 6.07) is -0.700. The van der Waals surface area contributed by atoms with Crippen molar-refractivity contribution < 1.29 is 24.2 Å². The number of aliphatic hydroxyl groups excluding tert-OH is 1. The molecule has 3 fully saturated rings. The number of carbonyl (C=O) groups excluding carboxylic acids is 3. The first-order valence-corrected chi connectivity index (χ1v) is 14.3. The van der Waals surface area contributed by atoms with Crippen molar-refractivity contribution >= 4 is 29.5 Å². The van der Waals surface area contributed by atoms with Crippen LogP contribution in [0.1, 0.15) is 73.6 Å². The molecule has 1 spiro atoms. The summed E-state index contributed by atoms with van der Waals surface area (Å²) in [5.74, 6) is -1.84. The molecule has 2 bridgehead atoms. The van der Waals surface area contributed by atoms with E-state index < -0.39 is 32.9 Å². The van der Waals surface area contributed by atoms with Gasteiger partial charge in [-0.25, -0.2) is 0 Å². The van der Waals surface area contributed by atoms with Crippen LogP contribution < -0.4 is 0 Å². The molecular weight excluding hydrogens is 488 g/mol. The van der Waals surface area contributed by atoms with Gasteiger partial charge in [-0.05, 0) is 58.3 Å². The lowest BCUT2D eigenvalue weighted by molar-refractivity contribution is -0.155. The first-order valence-electron chi connectivity index (χ1n) is 13.5. The van der Waals surface area contributed by atoms with Crippen LogP contribution in [0.2, 0.25) is 0 Å². The van der Waals surface area contributed by atoms with Gasteiger partial charge in [-0.2, -0.15) is 0 Å². The number of carbonyl (C=O) groups is 3. The highest BCUT2D eigenvalue weighted by Crippen LogP contribution is 2.71. The van der Waals surface area contributed by atoms with Gasteiger partial charge in [-0.15, -0.1) is 24.9 Å². The molecule has 8 heteroatoms. The predicted octanol–water partition coefficient (Wildman–Crippen LogP) is 4.20. The molecule has 3 aliphatic heterocycles. The quantitative estimate of drug-likeness (QED) is 0.229. The van der Waals surface area contributed by atoms with E-state index in [-0.39, 0.29) is 43.0 Å². The number of aliphatic hydroxyl groups is 1. The van der Waals surface area contributed by atoms with E-state index >= 15 is 0 Å². The van der Waals surface area contributed by atoms with Crippen LogP contribution >= 0.6 is 11.8 Å². The van der Waals surface area contributed by atoms with Gasteiger partial charge < -0.3 is 19.6 Å². The normalized spacial score (nSPS) is 30.8. The van der Waals surface area contributed by atoms with Crippen LogP contribution in [0.15, 0.2) is 25.3 Å². The molecule has 3 heterocycles. The number of fused-ring (bicyclic) bond motifs is 1. The first kappa shape index (κ1) is 29.8. The van der Waals surface area contributed by atoms with Gasteiger partial charge in [0.25, 0.3) is 0 Å². The summed E-state index contributed by atoms with van der Waals surface area (Å²) in [7, 11) is 0. The van der Waals surface area contributed by atoms with E-state index in [1.54, 1.807) is 28.8 Å². The minimum atomic E-state index is -0.700. The van der Waals surface area contributed by atoms with E-state index in [0.717, 1.165) is 12.8 Å². The zero-order chi connectivity index (χ0) is 27.8. The average Bonchev–Trinajstić information content (AvgIpc) is 3.34. The van der Waals surface area contributed by atoms with Crippen LogP contribution in [-0.2, 0) is 19.1 Å². The molecule has 0 radical (unpaired) electrons. The fourth-order valence-electron chi connectivity index (χ4n) is 7.18. The van der Waals surface area contributed by atoms with Gasteiger partial charge in [-0.1, -0.05) is 32.9 Å². The van der Waals surface area contributed by atoms with Gasteiger partial charge in [0.15, 0.2) is 0 Å². The maximum Gasteiger partial charge on any atom is 0.311 e. The van der Waals surface area contributed by atoms with Gasteiger partial charge in [0, 0.05) is 30.0 Å². The molecule has 3 rings (SSSR count). The first-order chi connectivity index (χ1) is 17.2. The number of thioether (sulfide) groups is 1. The van der Waals surface area contributed by atoms with Gasteiger partial charge in [-0.3, -0.25) is 14.4 Å². The lowest BCUT2D eigenvalue weighted by Crippen LogP contribution is -2.60. The summed E-state index contributed by atoms with van der Waals surface area (Å²) >= 11 is 1.64. The van der Waals surface area contributed by atoms with Crippen LogP contribution in [0.25, 0.3) is 0 Å². The number of hydrogen-bond acceptors (Lipinski definition) is 6. The molecule has 3 saturated heterocycles. The minimum absolute atomic E-state index is 0.0135. The minimum Gasteiger partial charge on any atom is -0.465 e. The number of amides is 2. The summed E-state index contributed by atoms with van der Waals surface area (Å²) in [6.07, 6.45) is 6.58. The highest BCUT2D eigenvalue weighted by atomic mass is 32.2. The fourth-order valence-corrected chi connectivity index (χ4v) is 9.52. The Morgan fingerprint density at radius 2 is 1.89 bits per heavy atom. The highest BCUT2D eigenvalue weighted by Gasteiger charge is 2.77. The molecule has 2 amide bonds. The standard InChI is InChI=1S/C29H46N2O5S/c1-9-11-18-36-25(35)21-20-23(33)30(16-12-17-32)22(29(20)14-13-28(21,8)37-29)24(34)31(15-10-2)27(6,7)19-26(3,4)5/h9-10,20-22,32H,1-2,11-19H2,3-8H3/t20-,21+,22?,28-,29?/m0/s1. The molecule has 0 aliphatic carbocycles. The third kappa shape index (κ3) is 5.38. The van der Waals surface area contributed by atoms with E-state index in [4.69, 9.17) is 4.74 Å². The van der Waals surface area contributed by atoms with Crippen molar-refractivity contribution in [3.05, 3.63) is 25.3 Å². The van der Waals surface area contributed by atoms with Gasteiger partial charge in [0.1, 0.15) is 6.04 Å². The molecule has 0 saturated carbocycles. The summed E-state index contributed by atoms with van der Waals surface area (Å²) in [4.78, 5) is 45.5. The monoisotopic (exact) mass is 534 g/mol. The lowest BCUT2D eigenvalue weighted by Gasteiger charge is -2.46. The summed E-state index contributed by atoms with van der Waals surface area (Å²) in [5, 5.41) is 9.59. The second kappa shape index (κ2) is 10.8. The Labute approximate surface area is 227 Å². The Morgan fingerprint density at radius 1 is 1.22 bits per heavy atom. The van der Waals surface area contributed by atoms with Crippen molar-refractivity contribution in [3.8, 4) is 0 Å². The van der Waals surface area contributed by atoms with Crippen molar-refractivity contribution in [1.29, 1.82) is 0 Å². The third-order valence-corrected chi connectivity index (χ3v) is 10.1.